The van der Waals surface area contributed by atoms with Crippen LogP contribution in [0.2, 0.25) is 0 Å². The molecule has 144 valence electrons. The van der Waals surface area contributed by atoms with Gasteiger partial charge in [0.25, 0.3) is 5.89 Å². The summed E-state index contributed by atoms with van der Waals surface area (Å²) in [7, 11) is 0. The van der Waals surface area contributed by atoms with E-state index < -0.39 is 5.76 Å². The van der Waals surface area contributed by atoms with Crippen LogP contribution in [0, 0.1) is 0 Å². The van der Waals surface area contributed by atoms with E-state index in [1.807, 2.05) is 48.7 Å². The minimum Gasteiger partial charge on any atom is -0.387 e. The monoisotopic (exact) mass is 398 g/mol. The standard InChI is InChI=1S/C18H18N6O3S/c1-2-12(10-24-18(26)27-17(21-24)15-8-5-9-28-15)19-16(25)11-23-14-7-4-3-6-13(14)20-22-23/h3-9,12H,2,10-11H2,1H3,(H,19,25)/t12-/m0/s1. The number of aromatic nitrogens is 5. The van der Waals surface area contributed by atoms with Crippen molar-refractivity contribution >= 4 is 28.3 Å². The fourth-order valence-corrected chi connectivity index (χ4v) is 3.49. The van der Waals surface area contributed by atoms with Gasteiger partial charge in [-0.25, -0.2) is 9.48 Å². The molecule has 1 aromatic carbocycles. The highest BCUT2D eigenvalue weighted by Crippen LogP contribution is 2.21. The Labute approximate surface area is 163 Å². The molecule has 0 unspecified atom stereocenters. The lowest BCUT2D eigenvalue weighted by Crippen LogP contribution is -2.41. The van der Waals surface area contributed by atoms with E-state index in [0.717, 1.165) is 15.9 Å². The predicted molar refractivity (Wildman–Crippen MR) is 104 cm³/mol. The number of hydrogen-bond donors (Lipinski definition) is 1. The van der Waals surface area contributed by atoms with Crippen LogP contribution in [-0.4, -0.2) is 36.7 Å². The van der Waals surface area contributed by atoms with Crippen LogP contribution in [0.5, 0.6) is 0 Å². The Hall–Kier alpha value is -3.27. The molecule has 28 heavy (non-hydrogen) atoms. The predicted octanol–water partition coefficient (Wildman–Crippen LogP) is 1.90. The number of carbonyl (C=O) groups is 1. The van der Waals surface area contributed by atoms with Gasteiger partial charge in [0.05, 0.1) is 16.9 Å². The van der Waals surface area contributed by atoms with Crippen LogP contribution in [0.3, 0.4) is 0 Å². The van der Waals surface area contributed by atoms with E-state index in [9.17, 15) is 9.59 Å². The molecule has 1 amide bonds. The lowest BCUT2D eigenvalue weighted by atomic mass is 10.2. The number of rotatable bonds is 7. The van der Waals surface area contributed by atoms with Crippen molar-refractivity contribution in [3.05, 3.63) is 52.3 Å². The number of fused-ring (bicyclic) bond motifs is 1. The number of amides is 1. The summed E-state index contributed by atoms with van der Waals surface area (Å²) in [4.78, 5) is 25.3. The second-order valence-electron chi connectivity index (χ2n) is 6.24. The topological polar surface area (TPSA) is 108 Å². The Balaban J connectivity index is 1.43. The highest BCUT2D eigenvalue weighted by Gasteiger charge is 2.17. The molecule has 3 heterocycles. The number of benzene rings is 1. The Morgan fingerprint density at radius 3 is 2.89 bits per heavy atom. The SMILES string of the molecule is CC[C@@H](Cn1nc(-c2cccs2)oc1=O)NC(=O)Cn1nnc2ccccc21. The first kappa shape index (κ1) is 18.1. The second-order valence-corrected chi connectivity index (χ2v) is 7.19. The highest BCUT2D eigenvalue weighted by atomic mass is 32.1. The van der Waals surface area contributed by atoms with Crippen molar-refractivity contribution in [2.45, 2.75) is 32.5 Å². The summed E-state index contributed by atoms with van der Waals surface area (Å²) in [6, 6.07) is 10.9. The third-order valence-corrected chi connectivity index (χ3v) is 5.16. The number of hydrogen-bond acceptors (Lipinski definition) is 7. The van der Waals surface area contributed by atoms with Gasteiger partial charge in [-0.2, -0.15) is 4.68 Å². The van der Waals surface area contributed by atoms with Crippen molar-refractivity contribution in [1.29, 1.82) is 0 Å². The maximum Gasteiger partial charge on any atom is 0.437 e. The molecule has 10 heteroatoms. The Bertz CT molecular complexity index is 1140. The molecule has 0 radical (unpaired) electrons. The quantitative estimate of drug-likeness (QED) is 0.509. The van der Waals surface area contributed by atoms with Crippen molar-refractivity contribution in [1.82, 2.24) is 30.1 Å². The Morgan fingerprint density at radius 2 is 2.11 bits per heavy atom. The summed E-state index contributed by atoms with van der Waals surface area (Å²) < 4.78 is 8.01. The van der Waals surface area contributed by atoms with Crippen LogP contribution < -0.4 is 11.1 Å². The zero-order chi connectivity index (χ0) is 19.5. The molecular weight excluding hydrogens is 380 g/mol. The first-order valence-corrected chi connectivity index (χ1v) is 9.71. The van der Waals surface area contributed by atoms with Crippen molar-refractivity contribution in [2.75, 3.05) is 0 Å². The van der Waals surface area contributed by atoms with Crippen molar-refractivity contribution in [3.8, 4) is 10.8 Å². The summed E-state index contributed by atoms with van der Waals surface area (Å²) in [6.07, 6.45) is 0.636. The summed E-state index contributed by atoms with van der Waals surface area (Å²) in [5.74, 6) is -0.467. The molecule has 0 bridgehead atoms. The molecule has 9 nitrogen and oxygen atoms in total. The van der Waals surface area contributed by atoms with E-state index in [1.165, 1.54) is 16.0 Å². The molecule has 0 aliphatic rings. The van der Waals surface area contributed by atoms with E-state index >= 15 is 0 Å². The van der Waals surface area contributed by atoms with E-state index in [2.05, 4.69) is 20.7 Å². The van der Waals surface area contributed by atoms with Gasteiger partial charge in [0.2, 0.25) is 5.91 Å². The third kappa shape index (κ3) is 3.72. The average Bonchev–Trinajstić information content (AvgIpc) is 3.43. The summed E-state index contributed by atoms with van der Waals surface area (Å²) in [5, 5.41) is 17.1. The molecule has 3 aromatic heterocycles. The fourth-order valence-electron chi connectivity index (χ4n) is 2.85. The van der Waals surface area contributed by atoms with Gasteiger partial charge >= 0.3 is 5.76 Å². The molecule has 0 spiro atoms. The third-order valence-electron chi connectivity index (χ3n) is 4.30. The van der Waals surface area contributed by atoms with Gasteiger partial charge in [0.1, 0.15) is 12.1 Å². The van der Waals surface area contributed by atoms with E-state index in [-0.39, 0.29) is 30.9 Å². The normalized spacial score (nSPS) is 12.3. The molecule has 1 atom stereocenters. The molecule has 0 aliphatic carbocycles. The first-order valence-electron chi connectivity index (χ1n) is 8.83. The smallest absolute Gasteiger partial charge is 0.387 e. The summed E-state index contributed by atoms with van der Waals surface area (Å²) in [6.45, 7) is 2.21. The van der Waals surface area contributed by atoms with Crippen LogP contribution in [0.25, 0.3) is 21.8 Å². The maximum absolute atomic E-state index is 12.5. The van der Waals surface area contributed by atoms with Crippen molar-refractivity contribution < 1.29 is 9.21 Å². The lowest BCUT2D eigenvalue weighted by molar-refractivity contribution is -0.122. The molecule has 0 aliphatic heterocycles. The minimum absolute atomic E-state index is 0.0468. The Morgan fingerprint density at radius 1 is 1.25 bits per heavy atom. The van der Waals surface area contributed by atoms with E-state index in [4.69, 9.17) is 4.42 Å². The maximum atomic E-state index is 12.5. The molecule has 1 N–H and O–H groups in total. The zero-order valence-corrected chi connectivity index (χ0v) is 15.9. The highest BCUT2D eigenvalue weighted by molar-refractivity contribution is 7.13. The van der Waals surface area contributed by atoms with Gasteiger partial charge in [-0.3, -0.25) is 4.79 Å². The van der Waals surface area contributed by atoms with Crippen LogP contribution in [0.1, 0.15) is 13.3 Å². The average molecular weight is 398 g/mol. The van der Waals surface area contributed by atoms with Gasteiger partial charge in [0.15, 0.2) is 0 Å². The second kappa shape index (κ2) is 7.77. The van der Waals surface area contributed by atoms with Crippen molar-refractivity contribution in [3.63, 3.8) is 0 Å². The van der Waals surface area contributed by atoms with Gasteiger partial charge in [-0.1, -0.05) is 30.3 Å². The largest absolute Gasteiger partial charge is 0.437 e. The number of carbonyl (C=O) groups excluding carboxylic acids is 1. The molecule has 0 saturated heterocycles. The van der Waals surface area contributed by atoms with Crippen LogP contribution in [0.15, 0.2) is 51.0 Å². The van der Waals surface area contributed by atoms with E-state index in [0.29, 0.717) is 6.42 Å². The molecule has 0 fully saturated rings. The summed E-state index contributed by atoms with van der Waals surface area (Å²) in [5.41, 5.74) is 1.52. The number of thiophene rings is 1. The van der Waals surface area contributed by atoms with Crippen LogP contribution >= 0.6 is 11.3 Å². The molecule has 4 rings (SSSR count). The van der Waals surface area contributed by atoms with Gasteiger partial charge in [-0.15, -0.1) is 21.5 Å². The molecule has 0 saturated carbocycles. The summed E-state index contributed by atoms with van der Waals surface area (Å²) >= 11 is 1.44. The number of nitrogens with one attached hydrogen (secondary N) is 1. The first-order chi connectivity index (χ1) is 13.6. The fraction of sp³-hybridized carbons (Fsp3) is 0.278. The zero-order valence-electron chi connectivity index (χ0n) is 15.1. The lowest BCUT2D eigenvalue weighted by Gasteiger charge is -2.16. The Kier molecular flexibility index (Phi) is 5.02. The van der Waals surface area contributed by atoms with Gasteiger partial charge < -0.3 is 9.73 Å². The number of nitrogens with zero attached hydrogens (tertiary/aromatic N) is 5. The van der Waals surface area contributed by atoms with Gasteiger partial charge in [0, 0.05) is 6.04 Å². The number of para-hydroxylation sites is 1. The molecule has 4 aromatic rings. The van der Waals surface area contributed by atoms with Gasteiger partial charge in [-0.05, 0) is 30.0 Å². The minimum atomic E-state index is -0.543. The van der Waals surface area contributed by atoms with Crippen molar-refractivity contribution in [2.24, 2.45) is 0 Å². The van der Waals surface area contributed by atoms with E-state index in [1.54, 1.807) is 4.68 Å². The van der Waals surface area contributed by atoms with Crippen LogP contribution in [0.4, 0.5) is 0 Å². The molecular formula is C18H18N6O3S. The van der Waals surface area contributed by atoms with Crippen LogP contribution in [-0.2, 0) is 17.9 Å².